The average molecular weight is 853 g/mol. The molecule has 0 heterocycles. The molecule has 2 nitrogen and oxygen atoms in total. The summed E-state index contributed by atoms with van der Waals surface area (Å²) in [6.45, 7) is 39.3. The molecule has 0 aromatic heterocycles. The number of hydrogen-bond acceptors (Lipinski definition) is 2. The van der Waals surface area contributed by atoms with E-state index in [-0.39, 0.29) is 23.0 Å². The fourth-order valence-electron chi connectivity index (χ4n) is 18.9. The molecule has 0 radical (unpaired) electrons. The molecule has 0 aromatic rings. The van der Waals surface area contributed by atoms with Crippen molar-refractivity contribution < 1.29 is 10.2 Å². The van der Waals surface area contributed by atoms with Crippen molar-refractivity contribution in [2.75, 3.05) is 0 Å². The molecule has 0 aliphatic heterocycles. The van der Waals surface area contributed by atoms with Crippen LogP contribution in [0.15, 0.2) is 45.6 Å². The number of aliphatic hydroxyl groups excluding tert-OH is 2. The zero-order valence-corrected chi connectivity index (χ0v) is 43.8. The lowest BCUT2D eigenvalue weighted by molar-refractivity contribution is -0.0962. The lowest BCUT2D eigenvalue weighted by Gasteiger charge is -2.62. The van der Waals surface area contributed by atoms with E-state index in [9.17, 15) is 10.2 Å². The first-order valence-corrected chi connectivity index (χ1v) is 26.8. The van der Waals surface area contributed by atoms with Crippen molar-refractivity contribution in [1.29, 1.82) is 0 Å². The van der Waals surface area contributed by atoms with Crippen LogP contribution in [0.3, 0.4) is 0 Å². The Morgan fingerprint density at radius 2 is 0.839 bits per heavy atom. The first-order chi connectivity index (χ1) is 28.8. The van der Waals surface area contributed by atoms with Gasteiger partial charge in [0, 0.05) is 0 Å². The fourth-order valence-corrected chi connectivity index (χ4v) is 18.9. The highest BCUT2D eigenvalue weighted by Crippen LogP contribution is 2.74. The summed E-state index contributed by atoms with van der Waals surface area (Å²) in [6.07, 6.45) is 30.3. The molecule has 0 unspecified atom stereocenters. The minimum Gasteiger partial charge on any atom is -0.393 e. The van der Waals surface area contributed by atoms with Gasteiger partial charge in [0.25, 0.3) is 0 Å². The molecule has 62 heavy (non-hydrogen) atoms. The Morgan fingerprint density at radius 3 is 1.18 bits per heavy atom. The van der Waals surface area contributed by atoms with E-state index >= 15 is 0 Å². The van der Waals surface area contributed by atoms with Crippen LogP contribution in [0.4, 0.5) is 0 Å². The zero-order chi connectivity index (χ0) is 45.6. The summed E-state index contributed by atoms with van der Waals surface area (Å²) in [5, 5.41) is 21.6. The third-order valence-corrected chi connectivity index (χ3v) is 23.3. The van der Waals surface area contributed by atoms with Crippen LogP contribution < -0.4 is 0 Å². The molecule has 352 valence electrons. The Morgan fingerprint density at radius 1 is 0.484 bits per heavy atom. The predicted octanol–water partition coefficient (Wildman–Crippen LogP) is 17.0. The molecule has 0 spiro atoms. The second-order valence-corrected chi connectivity index (χ2v) is 27.1. The molecule has 0 saturated heterocycles. The third-order valence-electron chi connectivity index (χ3n) is 23.3. The van der Waals surface area contributed by atoms with Gasteiger partial charge in [-0.1, -0.05) is 129 Å². The van der Waals surface area contributed by atoms with Crippen molar-refractivity contribution in [3.8, 4) is 0 Å². The normalized spacial score (nSPS) is 44.9. The van der Waals surface area contributed by atoms with E-state index in [1.165, 1.54) is 127 Å². The van der Waals surface area contributed by atoms with Crippen LogP contribution in [0.25, 0.3) is 0 Å². The lowest BCUT2D eigenvalue weighted by Crippen LogP contribution is -2.55. The van der Waals surface area contributed by atoms with Crippen molar-refractivity contribution in [3.63, 3.8) is 0 Å². The maximum absolute atomic E-state index is 10.8. The van der Waals surface area contributed by atoms with Gasteiger partial charge in [0.05, 0.1) is 12.2 Å². The van der Waals surface area contributed by atoms with Crippen LogP contribution >= 0.6 is 0 Å². The smallest absolute Gasteiger partial charge is 0.0594 e. The first kappa shape index (κ1) is 48.8. The summed E-state index contributed by atoms with van der Waals surface area (Å²) in [5.41, 5.74) is 12.8. The third kappa shape index (κ3) is 7.44. The molecular formula is C60H100O2. The fraction of sp³-hybridized carbons (Fsp3) is 0.867. The van der Waals surface area contributed by atoms with Crippen molar-refractivity contribution in [3.05, 3.63) is 45.6 Å². The Balaban J connectivity index is 0.000000186. The standard InChI is InChI=1S/2C30H50O/c2*1-20(2)10-9-11-21(3)22-14-18-30(8)24-12-13-25-27(4,5)26(31)16-17-28(25,6)23(24)15-19-29(22,30)7/h2*10,21-22,25-26,31H,9,11-19H2,1-8H3/t2*21-,22-,25+,26+,28-,29-,30+/m11/s1. The van der Waals surface area contributed by atoms with Gasteiger partial charge < -0.3 is 10.2 Å². The molecular weight excluding hydrogens is 753 g/mol. The van der Waals surface area contributed by atoms with Gasteiger partial charge in [-0.25, -0.2) is 0 Å². The molecule has 2 heteroatoms. The van der Waals surface area contributed by atoms with E-state index < -0.39 is 0 Å². The molecule has 0 amide bonds. The molecule has 0 aromatic carbocycles. The Labute approximate surface area is 384 Å². The lowest BCUT2D eigenvalue weighted by atomic mass is 9.43. The van der Waals surface area contributed by atoms with E-state index in [0.29, 0.717) is 44.3 Å². The predicted molar refractivity (Wildman–Crippen MR) is 266 cm³/mol. The molecule has 4 fully saturated rings. The summed E-state index contributed by atoms with van der Waals surface area (Å²) >= 11 is 0. The Kier molecular flexibility index (Phi) is 13.3. The molecule has 14 atom stereocenters. The van der Waals surface area contributed by atoms with Crippen LogP contribution in [0.1, 0.15) is 239 Å². The summed E-state index contributed by atoms with van der Waals surface area (Å²) in [7, 11) is 0. The van der Waals surface area contributed by atoms with Crippen molar-refractivity contribution in [2.45, 2.75) is 251 Å². The van der Waals surface area contributed by atoms with E-state index in [2.05, 4.69) is 123 Å². The second kappa shape index (κ2) is 16.9. The highest BCUT2D eigenvalue weighted by atomic mass is 16.3. The van der Waals surface area contributed by atoms with Crippen LogP contribution in [0.2, 0.25) is 0 Å². The molecule has 8 rings (SSSR count). The monoisotopic (exact) mass is 853 g/mol. The largest absolute Gasteiger partial charge is 0.393 e. The topological polar surface area (TPSA) is 40.5 Å². The summed E-state index contributed by atoms with van der Waals surface area (Å²) < 4.78 is 0. The minimum atomic E-state index is -0.130. The average Bonchev–Trinajstić information content (AvgIpc) is 3.64. The van der Waals surface area contributed by atoms with E-state index in [1.807, 2.05) is 22.3 Å². The van der Waals surface area contributed by atoms with Gasteiger partial charge in [0.2, 0.25) is 0 Å². The zero-order valence-electron chi connectivity index (χ0n) is 43.8. The van der Waals surface area contributed by atoms with Crippen LogP contribution in [-0.4, -0.2) is 22.4 Å². The summed E-state index contributed by atoms with van der Waals surface area (Å²) in [5.74, 6) is 4.64. The van der Waals surface area contributed by atoms with Gasteiger partial charge in [-0.15, -0.1) is 0 Å². The molecule has 8 aliphatic rings. The van der Waals surface area contributed by atoms with Crippen LogP contribution in [0.5, 0.6) is 0 Å². The van der Waals surface area contributed by atoms with Crippen molar-refractivity contribution in [1.82, 2.24) is 0 Å². The van der Waals surface area contributed by atoms with E-state index in [4.69, 9.17) is 0 Å². The first-order valence-electron chi connectivity index (χ1n) is 26.8. The minimum absolute atomic E-state index is 0.0465. The van der Waals surface area contributed by atoms with Crippen molar-refractivity contribution in [2.24, 2.45) is 78.8 Å². The molecule has 8 aliphatic carbocycles. The molecule has 2 N–H and O–H groups in total. The summed E-state index contributed by atoms with van der Waals surface area (Å²) in [6, 6.07) is 0. The van der Waals surface area contributed by atoms with Gasteiger partial charge in [0.15, 0.2) is 0 Å². The van der Waals surface area contributed by atoms with Gasteiger partial charge in [-0.3, -0.25) is 0 Å². The molecule has 0 bridgehead atoms. The number of aliphatic hydroxyl groups is 2. The molecule has 4 saturated carbocycles. The highest BCUT2D eigenvalue weighted by molar-refractivity contribution is 5.40. The Hall–Kier alpha value is -1.12. The number of rotatable bonds is 8. The van der Waals surface area contributed by atoms with Gasteiger partial charge in [-0.2, -0.15) is 0 Å². The summed E-state index contributed by atoms with van der Waals surface area (Å²) in [4.78, 5) is 0. The van der Waals surface area contributed by atoms with Crippen LogP contribution in [-0.2, 0) is 0 Å². The number of fused-ring (bicyclic) bond motifs is 8. The van der Waals surface area contributed by atoms with E-state index in [0.717, 1.165) is 36.5 Å². The van der Waals surface area contributed by atoms with Crippen LogP contribution in [0, 0.1) is 78.8 Å². The maximum atomic E-state index is 10.8. The second-order valence-electron chi connectivity index (χ2n) is 27.1. The quantitative estimate of drug-likeness (QED) is 0.239. The van der Waals surface area contributed by atoms with Gasteiger partial charge in [0.1, 0.15) is 0 Å². The van der Waals surface area contributed by atoms with E-state index in [1.54, 1.807) is 0 Å². The number of hydrogen-bond donors (Lipinski definition) is 2. The van der Waals surface area contributed by atoms with Crippen molar-refractivity contribution >= 4 is 0 Å². The van der Waals surface area contributed by atoms with Gasteiger partial charge in [-0.05, 0) is 235 Å². The van der Waals surface area contributed by atoms with Gasteiger partial charge >= 0.3 is 0 Å². The maximum Gasteiger partial charge on any atom is 0.0594 e. The SMILES string of the molecule is CC(C)=CCC[C@@H](C)[C@H]1CC[C@@]2(C)C3=C(CC[C@]12C)[C@@]1(C)CC[C@H](O)C(C)(C)[C@@H]1CC3.CC(C)=CCC[C@@H](C)[C@H]1CC[C@@]2(C)C3=C(CC[C@]12C)[C@@]1(C)CC[C@H](O)C(C)(C)[C@@H]1CC3. The highest BCUT2D eigenvalue weighted by Gasteiger charge is 2.65. The number of allylic oxidation sites excluding steroid dienone is 8. The Bertz CT molecular complexity index is 1660.